The maximum Gasteiger partial charge on any atom is 0.301 e. The van der Waals surface area contributed by atoms with Crippen molar-refractivity contribution >= 4 is 11.4 Å². The summed E-state index contributed by atoms with van der Waals surface area (Å²) >= 11 is 0. The van der Waals surface area contributed by atoms with E-state index in [1.165, 1.54) is 0 Å². The molecule has 1 aliphatic rings. The van der Waals surface area contributed by atoms with Crippen molar-refractivity contribution in [1.29, 1.82) is 5.26 Å². The minimum absolute atomic E-state index is 0.0541. The predicted molar refractivity (Wildman–Crippen MR) is 94.2 cm³/mol. The number of nitriles is 1. The highest BCUT2D eigenvalue weighted by Gasteiger charge is 2.32. The molecule has 128 valence electrons. The van der Waals surface area contributed by atoms with Gasteiger partial charge in [-0.15, -0.1) is 0 Å². The second-order valence-electron chi connectivity index (χ2n) is 6.05. The van der Waals surface area contributed by atoms with E-state index in [4.69, 9.17) is 10.5 Å². The molecule has 0 aromatic heterocycles. The number of nitrogen functional groups attached to an aromatic ring is 1. The zero-order valence-corrected chi connectivity index (χ0v) is 14.1. The Balaban J connectivity index is 2.37. The number of hydrogen-bond acceptors (Lipinski definition) is 6. The zero-order valence-electron chi connectivity index (χ0n) is 14.1. The second kappa shape index (κ2) is 6.42. The first-order chi connectivity index (χ1) is 12.0. The van der Waals surface area contributed by atoms with Crippen molar-refractivity contribution < 1.29 is 9.66 Å². The first-order valence-electron chi connectivity index (χ1n) is 7.82. The van der Waals surface area contributed by atoms with Crippen molar-refractivity contribution in [3.8, 4) is 22.9 Å². The first kappa shape index (κ1) is 16.7. The normalized spacial score (nSPS) is 13.8. The molecule has 0 fully saturated rings. The average molecular weight is 338 g/mol. The molecule has 0 radical (unpaired) electrons. The van der Waals surface area contributed by atoms with E-state index in [1.54, 1.807) is 31.4 Å². The molecular weight excluding hydrogens is 320 g/mol. The van der Waals surface area contributed by atoms with Crippen LogP contribution in [0.15, 0.2) is 24.3 Å². The number of rotatable bonds is 3. The fourth-order valence-corrected chi connectivity index (χ4v) is 3.35. The Labute approximate surface area is 145 Å². The van der Waals surface area contributed by atoms with Crippen LogP contribution in [-0.2, 0) is 13.0 Å². The molecule has 0 amide bonds. The van der Waals surface area contributed by atoms with Crippen LogP contribution >= 0.6 is 0 Å². The van der Waals surface area contributed by atoms with Crippen molar-refractivity contribution in [3.05, 3.63) is 51.1 Å². The van der Waals surface area contributed by atoms with Gasteiger partial charge in [0.2, 0.25) is 0 Å². The van der Waals surface area contributed by atoms with Gasteiger partial charge in [-0.1, -0.05) is 12.1 Å². The molecule has 25 heavy (non-hydrogen) atoms. The summed E-state index contributed by atoms with van der Waals surface area (Å²) in [6, 6.07) is 9.13. The molecule has 2 aromatic rings. The monoisotopic (exact) mass is 338 g/mol. The highest BCUT2D eigenvalue weighted by Crippen LogP contribution is 2.44. The van der Waals surface area contributed by atoms with Crippen LogP contribution in [0.2, 0.25) is 0 Å². The molecule has 1 aliphatic heterocycles. The number of hydrogen-bond donors (Lipinski definition) is 1. The van der Waals surface area contributed by atoms with Crippen molar-refractivity contribution in [2.75, 3.05) is 26.4 Å². The van der Waals surface area contributed by atoms with Gasteiger partial charge >= 0.3 is 5.69 Å². The predicted octanol–water partition coefficient (Wildman–Crippen LogP) is 2.71. The van der Waals surface area contributed by atoms with Crippen LogP contribution in [0, 0.1) is 21.4 Å². The number of nitro groups is 1. The number of nitrogens with zero attached hydrogens (tertiary/aromatic N) is 3. The molecule has 0 bridgehead atoms. The SMILES string of the molecule is COc1ccc(-c2c3c(c(C#N)c(N)c2[N+](=O)[O-])CCN(C)C3)cc1. The van der Waals surface area contributed by atoms with E-state index in [0.29, 0.717) is 29.8 Å². The highest BCUT2D eigenvalue weighted by molar-refractivity contribution is 5.89. The summed E-state index contributed by atoms with van der Waals surface area (Å²) in [4.78, 5) is 13.3. The van der Waals surface area contributed by atoms with Gasteiger partial charge in [-0.25, -0.2) is 0 Å². The highest BCUT2D eigenvalue weighted by atomic mass is 16.6. The van der Waals surface area contributed by atoms with E-state index in [0.717, 1.165) is 17.7 Å². The van der Waals surface area contributed by atoms with Gasteiger partial charge in [0.05, 0.1) is 23.2 Å². The fraction of sp³-hybridized carbons (Fsp3) is 0.278. The van der Waals surface area contributed by atoms with Crippen LogP contribution in [0.5, 0.6) is 5.75 Å². The molecule has 0 saturated heterocycles. The lowest BCUT2D eigenvalue weighted by atomic mass is 9.85. The number of likely N-dealkylation sites (N-methyl/N-ethyl adjacent to an activating group) is 1. The third-order valence-corrected chi connectivity index (χ3v) is 4.57. The minimum atomic E-state index is -0.495. The molecular formula is C18H18N4O3. The molecule has 3 rings (SSSR count). The number of benzene rings is 2. The summed E-state index contributed by atoms with van der Waals surface area (Å²) in [6.45, 7) is 1.31. The maximum atomic E-state index is 11.8. The van der Waals surface area contributed by atoms with Crippen LogP contribution < -0.4 is 10.5 Å². The topological polar surface area (TPSA) is 105 Å². The summed E-state index contributed by atoms with van der Waals surface area (Å²) in [5, 5.41) is 21.2. The van der Waals surface area contributed by atoms with Gasteiger partial charge in [0.25, 0.3) is 0 Å². The van der Waals surface area contributed by atoms with E-state index in [2.05, 4.69) is 11.0 Å². The minimum Gasteiger partial charge on any atom is -0.497 e. The fourth-order valence-electron chi connectivity index (χ4n) is 3.35. The van der Waals surface area contributed by atoms with Crippen LogP contribution in [0.25, 0.3) is 11.1 Å². The van der Waals surface area contributed by atoms with Crippen molar-refractivity contribution in [1.82, 2.24) is 4.90 Å². The Morgan fingerprint density at radius 1 is 1.32 bits per heavy atom. The van der Waals surface area contributed by atoms with Gasteiger partial charge in [0.15, 0.2) is 0 Å². The molecule has 1 heterocycles. The van der Waals surface area contributed by atoms with Crippen molar-refractivity contribution in [2.24, 2.45) is 0 Å². The van der Waals surface area contributed by atoms with Gasteiger partial charge in [0.1, 0.15) is 17.5 Å². The van der Waals surface area contributed by atoms with Gasteiger partial charge in [-0.05, 0) is 42.3 Å². The average Bonchev–Trinajstić information content (AvgIpc) is 2.61. The van der Waals surface area contributed by atoms with E-state index < -0.39 is 4.92 Å². The molecule has 2 aromatic carbocycles. The summed E-state index contributed by atoms with van der Waals surface area (Å²) in [5.41, 5.74) is 8.82. The molecule has 0 saturated carbocycles. The Morgan fingerprint density at radius 3 is 2.56 bits per heavy atom. The number of ether oxygens (including phenoxy) is 1. The molecule has 0 unspecified atom stereocenters. The Hall–Kier alpha value is -3.11. The number of methoxy groups -OCH3 is 1. The van der Waals surface area contributed by atoms with E-state index in [1.807, 2.05) is 7.05 Å². The van der Waals surface area contributed by atoms with Crippen LogP contribution in [0.4, 0.5) is 11.4 Å². The van der Waals surface area contributed by atoms with Gasteiger partial charge in [0, 0.05) is 13.1 Å². The first-order valence-corrected chi connectivity index (χ1v) is 7.82. The van der Waals surface area contributed by atoms with Crippen molar-refractivity contribution in [2.45, 2.75) is 13.0 Å². The van der Waals surface area contributed by atoms with Crippen LogP contribution in [0.1, 0.15) is 16.7 Å². The Kier molecular flexibility index (Phi) is 4.30. The molecule has 0 atom stereocenters. The molecule has 7 heteroatoms. The quantitative estimate of drug-likeness (QED) is 0.524. The zero-order chi connectivity index (χ0) is 18.1. The standard InChI is InChI=1S/C18H18N4O3/c1-21-8-7-13-14(9-19)17(20)18(22(23)24)16(15(13)10-21)11-3-5-12(25-2)6-4-11/h3-6H,7-8,10,20H2,1-2H3. The second-order valence-corrected chi connectivity index (χ2v) is 6.05. The molecule has 7 nitrogen and oxygen atoms in total. The smallest absolute Gasteiger partial charge is 0.301 e. The van der Waals surface area contributed by atoms with E-state index in [-0.39, 0.29) is 16.9 Å². The lowest BCUT2D eigenvalue weighted by Crippen LogP contribution is -2.28. The van der Waals surface area contributed by atoms with Crippen LogP contribution in [-0.4, -0.2) is 30.5 Å². The third kappa shape index (κ3) is 2.77. The Bertz CT molecular complexity index is 885. The lowest BCUT2D eigenvalue weighted by molar-refractivity contribution is -0.383. The summed E-state index contributed by atoms with van der Waals surface area (Å²) in [6.07, 6.45) is 0.639. The number of fused-ring (bicyclic) bond motifs is 1. The summed E-state index contributed by atoms with van der Waals surface area (Å²) < 4.78 is 5.16. The largest absolute Gasteiger partial charge is 0.497 e. The van der Waals surface area contributed by atoms with E-state index >= 15 is 0 Å². The Morgan fingerprint density at radius 2 is 2.00 bits per heavy atom. The molecule has 0 aliphatic carbocycles. The summed E-state index contributed by atoms with van der Waals surface area (Å²) in [7, 11) is 3.52. The number of nitro benzene ring substituents is 1. The van der Waals surface area contributed by atoms with Gasteiger partial charge in [-0.2, -0.15) is 5.26 Å². The van der Waals surface area contributed by atoms with Gasteiger partial charge in [-0.3, -0.25) is 10.1 Å². The maximum absolute atomic E-state index is 11.8. The number of nitrogens with two attached hydrogens (primary N) is 1. The molecule has 2 N–H and O–H groups in total. The van der Waals surface area contributed by atoms with Crippen LogP contribution in [0.3, 0.4) is 0 Å². The third-order valence-electron chi connectivity index (χ3n) is 4.57. The van der Waals surface area contributed by atoms with Gasteiger partial charge < -0.3 is 15.4 Å². The lowest BCUT2D eigenvalue weighted by Gasteiger charge is -2.28. The van der Waals surface area contributed by atoms with E-state index in [9.17, 15) is 15.4 Å². The molecule has 0 spiro atoms. The summed E-state index contributed by atoms with van der Waals surface area (Å²) in [5.74, 6) is 0.666. The number of anilines is 1. The van der Waals surface area contributed by atoms with Crippen molar-refractivity contribution in [3.63, 3.8) is 0 Å².